The highest BCUT2D eigenvalue weighted by Crippen LogP contribution is 2.22. The number of rotatable bonds is 3. The lowest BCUT2D eigenvalue weighted by Crippen LogP contribution is -2.40. The number of nitrogens with zero attached hydrogens (tertiary/aromatic N) is 5. The Morgan fingerprint density at radius 2 is 2.21 bits per heavy atom. The molecule has 1 aromatic rings. The van der Waals surface area contributed by atoms with Crippen LogP contribution in [0.5, 0.6) is 0 Å². The van der Waals surface area contributed by atoms with Crippen molar-refractivity contribution in [3.63, 3.8) is 0 Å². The Labute approximate surface area is 112 Å². The summed E-state index contributed by atoms with van der Waals surface area (Å²) in [7, 11) is 1.73. The molecule has 1 aliphatic rings. The van der Waals surface area contributed by atoms with Crippen molar-refractivity contribution >= 4 is 5.97 Å². The normalized spacial score (nSPS) is 20.7. The molecule has 7 heteroatoms. The van der Waals surface area contributed by atoms with Crippen LogP contribution in [0.4, 0.5) is 0 Å². The Balaban J connectivity index is 1.98. The van der Waals surface area contributed by atoms with Gasteiger partial charge in [-0.15, -0.1) is 10.2 Å². The molecule has 1 aliphatic heterocycles. The zero-order valence-electron chi connectivity index (χ0n) is 12.0. The highest BCUT2D eigenvalue weighted by molar-refractivity contribution is 5.76. The molecule has 1 fully saturated rings. The molecule has 0 aromatic carbocycles. The van der Waals surface area contributed by atoms with Gasteiger partial charge in [0.2, 0.25) is 0 Å². The first kappa shape index (κ1) is 13.9. The Morgan fingerprint density at radius 3 is 2.79 bits per heavy atom. The van der Waals surface area contributed by atoms with Crippen molar-refractivity contribution in [2.24, 2.45) is 7.05 Å². The van der Waals surface area contributed by atoms with Gasteiger partial charge in [0.15, 0.2) is 5.82 Å². The minimum atomic E-state index is -0.448. The second-order valence-corrected chi connectivity index (χ2v) is 5.86. The highest BCUT2D eigenvalue weighted by Gasteiger charge is 2.34. The lowest BCUT2D eigenvalue weighted by molar-refractivity contribution is -0.160. The van der Waals surface area contributed by atoms with Gasteiger partial charge in [0.05, 0.1) is 13.6 Å². The number of ether oxygens (including phenoxy) is 1. The van der Waals surface area contributed by atoms with E-state index in [9.17, 15) is 4.79 Å². The average molecular weight is 267 g/mol. The molecule has 0 amide bonds. The maximum atomic E-state index is 12.1. The first-order chi connectivity index (χ1) is 8.85. The molecule has 2 heterocycles. The monoisotopic (exact) mass is 267 g/mol. The van der Waals surface area contributed by atoms with Gasteiger partial charge in [-0.1, -0.05) is 0 Å². The van der Waals surface area contributed by atoms with Crippen LogP contribution >= 0.6 is 0 Å². The second kappa shape index (κ2) is 5.24. The Kier molecular flexibility index (Phi) is 3.84. The van der Waals surface area contributed by atoms with Crippen LogP contribution in [0, 0.1) is 0 Å². The van der Waals surface area contributed by atoms with Crippen molar-refractivity contribution in [2.45, 2.75) is 51.8 Å². The minimum absolute atomic E-state index is 0.158. The molecular formula is C12H21N5O2. The first-order valence-corrected chi connectivity index (χ1v) is 6.55. The molecule has 0 N–H and O–H groups in total. The largest absolute Gasteiger partial charge is 0.459 e. The quantitative estimate of drug-likeness (QED) is 0.743. The van der Waals surface area contributed by atoms with Gasteiger partial charge in [-0.25, -0.2) is 0 Å². The van der Waals surface area contributed by atoms with Crippen LogP contribution < -0.4 is 0 Å². The molecule has 0 bridgehead atoms. The van der Waals surface area contributed by atoms with E-state index in [0.717, 1.165) is 19.4 Å². The third-order valence-corrected chi connectivity index (χ3v) is 2.94. The molecule has 0 unspecified atom stereocenters. The summed E-state index contributed by atoms with van der Waals surface area (Å²) >= 11 is 0. The van der Waals surface area contributed by atoms with Crippen LogP contribution in [0.3, 0.4) is 0 Å². The smallest absolute Gasteiger partial charge is 0.323 e. The SMILES string of the molecule is Cn1nnc(CN2CCC[C@H]2C(=O)OC(C)(C)C)n1. The summed E-state index contributed by atoms with van der Waals surface area (Å²) in [4.78, 5) is 15.6. The minimum Gasteiger partial charge on any atom is -0.459 e. The number of hydrogen-bond donors (Lipinski definition) is 0. The van der Waals surface area contributed by atoms with Crippen molar-refractivity contribution in [1.82, 2.24) is 25.1 Å². The van der Waals surface area contributed by atoms with E-state index in [1.54, 1.807) is 7.05 Å². The summed E-state index contributed by atoms with van der Waals surface area (Å²) in [5.74, 6) is 0.479. The van der Waals surface area contributed by atoms with Gasteiger partial charge in [-0.2, -0.15) is 4.80 Å². The van der Waals surface area contributed by atoms with Crippen molar-refractivity contribution in [3.8, 4) is 0 Å². The van der Waals surface area contributed by atoms with E-state index in [-0.39, 0.29) is 12.0 Å². The van der Waals surface area contributed by atoms with E-state index in [2.05, 4.69) is 20.3 Å². The average Bonchev–Trinajstić information content (AvgIpc) is 2.86. The number of likely N-dealkylation sites (tertiary alicyclic amines) is 1. The molecule has 2 rings (SSSR count). The van der Waals surface area contributed by atoms with Gasteiger partial charge in [-0.3, -0.25) is 9.69 Å². The maximum absolute atomic E-state index is 12.1. The molecule has 106 valence electrons. The van der Waals surface area contributed by atoms with Crippen LogP contribution in [-0.4, -0.2) is 49.3 Å². The Bertz CT molecular complexity index is 451. The van der Waals surface area contributed by atoms with Crippen LogP contribution in [-0.2, 0) is 23.1 Å². The van der Waals surface area contributed by atoms with Crippen molar-refractivity contribution < 1.29 is 9.53 Å². The number of esters is 1. The van der Waals surface area contributed by atoms with Crippen molar-refractivity contribution in [1.29, 1.82) is 0 Å². The zero-order valence-corrected chi connectivity index (χ0v) is 12.0. The summed E-state index contributed by atoms with van der Waals surface area (Å²) in [6.07, 6.45) is 1.82. The number of hydrogen-bond acceptors (Lipinski definition) is 6. The van der Waals surface area contributed by atoms with Crippen LogP contribution in [0.25, 0.3) is 0 Å². The molecule has 0 spiro atoms. The topological polar surface area (TPSA) is 73.1 Å². The van der Waals surface area contributed by atoms with E-state index >= 15 is 0 Å². The van der Waals surface area contributed by atoms with Gasteiger partial charge in [-0.05, 0) is 45.4 Å². The third-order valence-electron chi connectivity index (χ3n) is 2.94. The third kappa shape index (κ3) is 3.73. The Hall–Kier alpha value is -1.50. The highest BCUT2D eigenvalue weighted by atomic mass is 16.6. The van der Waals surface area contributed by atoms with Crippen molar-refractivity contribution in [3.05, 3.63) is 5.82 Å². The fourth-order valence-electron chi connectivity index (χ4n) is 2.22. The standard InChI is InChI=1S/C12H21N5O2/c1-12(2,3)19-11(18)9-6-5-7-17(9)8-10-13-15-16(4)14-10/h9H,5-8H2,1-4H3/t9-/m0/s1. The predicted molar refractivity (Wildman–Crippen MR) is 68.1 cm³/mol. The number of aryl methyl sites for hydroxylation is 1. The number of carbonyl (C=O) groups excluding carboxylic acids is 1. The van der Waals surface area contributed by atoms with E-state index in [1.165, 1.54) is 4.80 Å². The summed E-state index contributed by atoms with van der Waals surface area (Å²) in [6.45, 7) is 7.05. The van der Waals surface area contributed by atoms with Gasteiger partial charge >= 0.3 is 5.97 Å². The summed E-state index contributed by atoms with van der Waals surface area (Å²) in [5, 5.41) is 11.9. The predicted octanol–water partition coefficient (Wildman–Crippen LogP) is 0.516. The summed E-state index contributed by atoms with van der Waals surface area (Å²) in [5.41, 5.74) is -0.448. The van der Waals surface area contributed by atoms with Crippen molar-refractivity contribution in [2.75, 3.05) is 6.54 Å². The van der Waals surface area contributed by atoms with E-state index in [1.807, 2.05) is 20.8 Å². The van der Waals surface area contributed by atoms with Gasteiger partial charge < -0.3 is 4.74 Å². The van der Waals surface area contributed by atoms with E-state index in [0.29, 0.717) is 12.4 Å². The molecule has 0 saturated carbocycles. The van der Waals surface area contributed by atoms with Crippen LogP contribution in [0.15, 0.2) is 0 Å². The fourth-order valence-corrected chi connectivity index (χ4v) is 2.22. The lowest BCUT2D eigenvalue weighted by atomic mass is 10.1. The van der Waals surface area contributed by atoms with Crippen LogP contribution in [0.2, 0.25) is 0 Å². The summed E-state index contributed by atoms with van der Waals surface area (Å²) < 4.78 is 5.45. The zero-order chi connectivity index (χ0) is 14.0. The Morgan fingerprint density at radius 1 is 1.47 bits per heavy atom. The molecule has 1 saturated heterocycles. The number of aromatic nitrogens is 4. The van der Waals surface area contributed by atoms with Gasteiger partial charge in [0, 0.05) is 0 Å². The molecule has 1 aromatic heterocycles. The molecule has 0 aliphatic carbocycles. The summed E-state index contributed by atoms with van der Waals surface area (Å²) in [6, 6.07) is -0.192. The molecule has 19 heavy (non-hydrogen) atoms. The molecular weight excluding hydrogens is 246 g/mol. The number of tetrazole rings is 1. The van der Waals surface area contributed by atoms with Crippen LogP contribution in [0.1, 0.15) is 39.4 Å². The van der Waals surface area contributed by atoms with Gasteiger partial charge in [0.25, 0.3) is 0 Å². The van der Waals surface area contributed by atoms with E-state index in [4.69, 9.17) is 4.74 Å². The van der Waals surface area contributed by atoms with Gasteiger partial charge in [0.1, 0.15) is 11.6 Å². The lowest BCUT2D eigenvalue weighted by Gasteiger charge is -2.26. The molecule has 1 atom stereocenters. The fraction of sp³-hybridized carbons (Fsp3) is 0.833. The molecule has 0 radical (unpaired) electrons. The maximum Gasteiger partial charge on any atom is 0.323 e. The second-order valence-electron chi connectivity index (χ2n) is 5.86. The molecule has 7 nitrogen and oxygen atoms in total. The first-order valence-electron chi connectivity index (χ1n) is 6.55. The van der Waals surface area contributed by atoms with E-state index < -0.39 is 5.60 Å². The number of carbonyl (C=O) groups is 1.